The van der Waals surface area contributed by atoms with E-state index < -0.39 is 0 Å². The van der Waals surface area contributed by atoms with Crippen molar-refractivity contribution in [2.75, 3.05) is 45.8 Å². The minimum atomic E-state index is -0.234. The minimum Gasteiger partial charge on any atom is -0.352 e. The number of nitrogens with zero attached hydrogens (tertiary/aromatic N) is 2. The van der Waals surface area contributed by atoms with Crippen LogP contribution in [0.3, 0.4) is 0 Å². The highest BCUT2D eigenvalue weighted by Crippen LogP contribution is 2.27. The van der Waals surface area contributed by atoms with Gasteiger partial charge in [-0.15, -0.1) is 0 Å². The first-order chi connectivity index (χ1) is 21.6. The van der Waals surface area contributed by atoms with Crippen molar-refractivity contribution in [2.45, 2.75) is 37.6 Å². The maximum atomic E-state index is 14.1. The van der Waals surface area contributed by atoms with Gasteiger partial charge in [0.2, 0.25) is 5.91 Å². The Balaban J connectivity index is 1.17. The first-order valence-electron chi connectivity index (χ1n) is 16.3. The Morgan fingerprint density at radius 2 is 1.48 bits per heavy atom. The van der Waals surface area contributed by atoms with E-state index in [-0.39, 0.29) is 29.7 Å². The highest BCUT2D eigenvalue weighted by molar-refractivity contribution is 5.98. The molecule has 0 bridgehead atoms. The molecule has 44 heavy (non-hydrogen) atoms. The molecule has 0 aromatic heterocycles. The van der Waals surface area contributed by atoms with Crippen molar-refractivity contribution in [3.63, 3.8) is 0 Å². The number of hydrogen-bond donors (Lipinski definition) is 2. The van der Waals surface area contributed by atoms with Crippen LogP contribution in [0.15, 0.2) is 103 Å². The van der Waals surface area contributed by atoms with Crippen LogP contribution < -0.4 is 10.6 Å². The second-order valence-corrected chi connectivity index (χ2v) is 12.4. The molecule has 6 nitrogen and oxygen atoms in total. The summed E-state index contributed by atoms with van der Waals surface area (Å²) in [5.74, 6) is 0.450. The Kier molecular flexibility index (Phi) is 10.0. The summed E-state index contributed by atoms with van der Waals surface area (Å²) in [6, 6.07) is 34.8. The Morgan fingerprint density at radius 1 is 0.818 bits per heavy atom. The largest absolute Gasteiger partial charge is 0.352 e. The van der Waals surface area contributed by atoms with E-state index in [1.165, 1.54) is 24.0 Å². The van der Waals surface area contributed by atoms with E-state index in [2.05, 4.69) is 75.0 Å². The predicted molar refractivity (Wildman–Crippen MR) is 178 cm³/mol. The SMILES string of the molecule is O=C(NC[C@@H]1CCN(CC(c2ccccc2)c2ccccc2)C(=O)[C@H](CCN2CCCC2)NC1)c1ccc2ccccc2c1. The van der Waals surface area contributed by atoms with Crippen LogP contribution in [0.5, 0.6) is 0 Å². The highest BCUT2D eigenvalue weighted by atomic mass is 16.2. The maximum absolute atomic E-state index is 14.1. The van der Waals surface area contributed by atoms with Crippen LogP contribution in [0, 0.1) is 5.92 Å². The number of carbonyl (C=O) groups excluding carboxylic acids is 2. The lowest BCUT2D eigenvalue weighted by Gasteiger charge is -2.36. The smallest absolute Gasteiger partial charge is 0.251 e. The van der Waals surface area contributed by atoms with Crippen LogP contribution in [0.4, 0.5) is 0 Å². The van der Waals surface area contributed by atoms with Crippen LogP contribution in [0.25, 0.3) is 10.8 Å². The number of fused-ring (bicyclic) bond motifs is 1. The Labute approximate surface area is 261 Å². The number of rotatable bonds is 10. The van der Waals surface area contributed by atoms with Crippen molar-refractivity contribution in [2.24, 2.45) is 5.92 Å². The van der Waals surface area contributed by atoms with Gasteiger partial charge >= 0.3 is 0 Å². The van der Waals surface area contributed by atoms with Gasteiger partial charge in [0.1, 0.15) is 0 Å². The van der Waals surface area contributed by atoms with Gasteiger partial charge in [0.15, 0.2) is 0 Å². The van der Waals surface area contributed by atoms with Gasteiger partial charge in [0.05, 0.1) is 6.04 Å². The lowest BCUT2D eigenvalue weighted by Crippen LogP contribution is -2.53. The number of amides is 2. The van der Waals surface area contributed by atoms with Crippen molar-refractivity contribution >= 4 is 22.6 Å². The highest BCUT2D eigenvalue weighted by Gasteiger charge is 2.31. The van der Waals surface area contributed by atoms with E-state index in [1.54, 1.807) is 0 Å². The number of nitrogens with one attached hydrogen (secondary N) is 2. The van der Waals surface area contributed by atoms with E-state index in [0.29, 0.717) is 31.7 Å². The molecule has 4 aromatic rings. The molecule has 2 aliphatic rings. The first-order valence-corrected chi connectivity index (χ1v) is 16.3. The summed E-state index contributed by atoms with van der Waals surface area (Å²) in [5.41, 5.74) is 3.11. The molecule has 2 saturated heterocycles. The van der Waals surface area contributed by atoms with Crippen molar-refractivity contribution in [1.82, 2.24) is 20.4 Å². The molecule has 228 valence electrons. The van der Waals surface area contributed by atoms with Gasteiger partial charge in [0.25, 0.3) is 5.91 Å². The third kappa shape index (κ3) is 7.55. The zero-order chi connectivity index (χ0) is 30.1. The summed E-state index contributed by atoms with van der Waals surface area (Å²) < 4.78 is 0. The van der Waals surface area contributed by atoms with Crippen molar-refractivity contribution in [3.05, 3.63) is 120 Å². The van der Waals surface area contributed by atoms with Crippen molar-refractivity contribution in [1.29, 1.82) is 0 Å². The van der Waals surface area contributed by atoms with Crippen LogP contribution in [0.2, 0.25) is 0 Å². The molecule has 0 spiro atoms. The topological polar surface area (TPSA) is 64.7 Å². The second-order valence-electron chi connectivity index (χ2n) is 12.4. The monoisotopic (exact) mass is 588 g/mol. The van der Waals surface area contributed by atoms with Crippen molar-refractivity contribution in [3.8, 4) is 0 Å². The van der Waals surface area contributed by atoms with Gasteiger partial charge in [-0.2, -0.15) is 0 Å². The number of benzene rings is 4. The molecule has 2 N–H and O–H groups in total. The Hall–Kier alpha value is -4.00. The van der Waals surface area contributed by atoms with E-state index in [9.17, 15) is 9.59 Å². The van der Waals surface area contributed by atoms with Gasteiger partial charge in [-0.05, 0) is 78.7 Å². The Morgan fingerprint density at radius 3 is 2.18 bits per heavy atom. The number of likely N-dealkylation sites (tertiary alicyclic amines) is 1. The summed E-state index contributed by atoms with van der Waals surface area (Å²) in [6.07, 6.45) is 4.11. The third-order valence-electron chi connectivity index (χ3n) is 9.37. The standard InChI is InChI=1S/C38H44N4O2/c43-37(34-18-17-30-11-7-8-16-33(30)25-34)40-27-29-19-24-42(38(44)36(39-26-29)20-23-41-21-9-10-22-41)28-35(31-12-3-1-4-13-31)32-14-5-2-6-15-32/h1-8,11-18,25,29,35-36,39H,9-10,19-24,26-28H2,(H,40,43)/t29-,36+/m1/s1. The molecule has 2 amide bonds. The molecule has 0 radical (unpaired) electrons. The average Bonchev–Trinajstić information content (AvgIpc) is 3.60. The van der Waals surface area contributed by atoms with Gasteiger partial charge in [0, 0.05) is 44.2 Å². The fourth-order valence-electron chi connectivity index (χ4n) is 6.73. The molecule has 2 atom stereocenters. The van der Waals surface area contributed by atoms with Gasteiger partial charge < -0.3 is 20.4 Å². The lowest BCUT2D eigenvalue weighted by molar-refractivity contribution is -0.134. The van der Waals surface area contributed by atoms with E-state index >= 15 is 0 Å². The second kappa shape index (κ2) is 14.7. The van der Waals surface area contributed by atoms with E-state index in [4.69, 9.17) is 0 Å². The van der Waals surface area contributed by atoms with Crippen LogP contribution >= 0.6 is 0 Å². The molecule has 6 heteroatoms. The molecular formula is C38H44N4O2. The van der Waals surface area contributed by atoms with Crippen LogP contribution in [-0.2, 0) is 4.79 Å². The molecular weight excluding hydrogens is 544 g/mol. The molecule has 4 aromatic carbocycles. The quantitative estimate of drug-likeness (QED) is 0.250. The minimum absolute atomic E-state index is 0.0513. The maximum Gasteiger partial charge on any atom is 0.251 e. The molecule has 0 unspecified atom stereocenters. The molecule has 0 saturated carbocycles. The zero-order valence-electron chi connectivity index (χ0n) is 25.5. The van der Waals surface area contributed by atoms with Crippen molar-refractivity contribution < 1.29 is 9.59 Å². The molecule has 2 heterocycles. The van der Waals surface area contributed by atoms with E-state index in [0.717, 1.165) is 43.2 Å². The van der Waals surface area contributed by atoms with Crippen LogP contribution in [-0.4, -0.2) is 73.5 Å². The van der Waals surface area contributed by atoms with Gasteiger partial charge in [-0.1, -0.05) is 91.0 Å². The van der Waals surface area contributed by atoms with Gasteiger partial charge in [-0.25, -0.2) is 0 Å². The summed E-state index contributed by atoms with van der Waals surface area (Å²) in [5, 5.41) is 9.04. The predicted octanol–water partition coefficient (Wildman–Crippen LogP) is 5.69. The summed E-state index contributed by atoms with van der Waals surface area (Å²) >= 11 is 0. The average molecular weight is 589 g/mol. The number of carbonyl (C=O) groups is 2. The fourth-order valence-corrected chi connectivity index (χ4v) is 6.73. The molecule has 6 rings (SSSR count). The molecule has 0 aliphatic carbocycles. The van der Waals surface area contributed by atoms with Gasteiger partial charge in [-0.3, -0.25) is 9.59 Å². The first kappa shape index (κ1) is 30.0. The Bertz CT molecular complexity index is 1480. The molecule has 2 fully saturated rings. The lowest BCUT2D eigenvalue weighted by atomic mass is 9.90. The normalized spacial score (nSPS) is 19.7. The summed E-state index contributed by atoms with van der Waals surface area (Å²) in [6.45, 7) is 5.76. The zero-order valence-corrected chi connectivity index (χ0v) is 25.5. The summed E-state index contributed by atoms with van der Waals surface area (Å²) in [7, 11) is 0. The summed E-state index contributed by atoms with van der Waals surface area (Å²) in [4.78, 5) is 31.9. The van der Waals surface area contributed by atoms with Crippen LogP contribution in [0.1, 0.15) is 53.1 Å². The fraction of sp³-hybridized carbons (Fsp3) is 0.368. The third-order valence-corrected chi connectivity index (χ3v) is 9.37. The molecule has 2 aliphatic heterocycles. The van der Waals surface area contributed by atoms with E-state index in [1.807, 2.05) is 48.5 Å². The number of hydrogen-bond acceptors (Lipinski definition) is 4.